The zero-order valence-corrected chi connectivity index (χ0v) is 18.2. The molecule has 1 aliphatic rings. The van der Waals surface area contributed by atoms with Gasteiger partial charge in [0.2, 0.25) is 0 Å². The second-order valence-corrected chi connectivity index (χ2v) is 9.93. The predicted molar refractivity (Wildman–Crippen MR) is 118 cm³/mol. The minimum Gasteiger partial charge on any atom is -0.292 e. The maximum Gasteiger partial charge on any atom is 0.263 e. The smallest absolute Gasteiger partial charge is 0.263 e. The first-order valence-corrected chi connectivity index (χ1v) is 12.3. The van der Waals surface area contributed by atoms with Gasteiger partial charge < -0.3 is 0 Å². The van der Waals surface area contributed by atoms with Gasteiger partial charge in [0.1, 0.15) is 0 Å². The van der Waals surface area contributed by atoms with Crippen molar-refractivity contribution in [1.29, 1.82) is 0 Å². The lowest BCUT2D eigenvalue weighted by Gasteiger charge is -2.36. The number of likely N-dealkylation sites (tertiary alicyclic amines) is 1. The summed E-state index contributed by atoms with van der Waals surface area (Å²) in [6, 6.07) is 15.8. The van der Waals surface area contributed by atoms with Crippen LogP contribution in [-0.2, 0) is 16.6 Å². The van der Waals surface area contributed by atoms with E-state index in [-0.39, 0.29) is 4.90 Å². The van der Waals surface area contributed by atoms with Gasteiger partial charge in [-0.1, -0.05) is 54.4 Å². The first-order valence-electron chi connectivity index (χ1n) is 9.51. The number of sulfonamides is 1. The SMILES string of the molecule is O=S(=O)(Nc1cscn1)c1ccc(CN2CCCCC2c2ccccc2)c(Cl)c1. The van der Waals surface area contributed by atoms with E-state index in [1.165, 1.54) is 29.4 Å². The molecule has 1 N–H and O–H groups in total. The largest absolute Gasteiger partial charge is 0.292 e. The molecule has 0 bridgehead atoms. The number of nitrogens with one attached hydrogen (secondary N) is 1. The van der Waals surface area contributed by atoms with Crippen LogP contribution in [0.4, 0.5) is 5.82 Å². The molecule has 152 valence electrons. The molecule has 0 radical (unpaired) electrons. The third-order valence-corrected chi connectivity index (χ3v) is 7.47. The van der Waals surface area contributed by atoms with Gasteiger partial charge in [0, 0.05) is 23.0 Å². The van der Waals surface area contributed by atoms with Crippen LogP contribution in [0.15, 0.2) is 64.3 Å². The van der Waals surface area contributed by atoms with E-state index in [2.05, 4.69) is 38.9 Å². The maximum atomic E-state index is 12.6. The topological polar surface area (TPSA) is 62.3 Å². The van der Waals surface area contributed by atoms with Crippen LogP contribution in [0, 0.1) is 0 Å². The first kappa shape index (κ1) is 20.3. The van der Waals surface area contributed by atoms with Crippen molar-refractivity contribution in [2.24, 2.45) is 0 Å². The highest BCUT2D eigenvalue weighted by Crippen LogP contribution is 2.33. The molecular weight excluding hydrogens is 426 g/mol. The molecule has 0 amide bonds. The number of nitrogens with zero attached hydrogens (tertiary/aromatic N) is 2. The molecule has 0 aliphatic carbocycles. The number of hydrogen-bond acceptors (Lipinski definition) is 5. The van der Waals surface area contributed by atoms with Crippen molar-refractivity contribution < 1.29 is 8.42 Å². The fourth-order valence-electron chi connectivity index (χ4n) is 3.73. The summed E-state index contributed by atoms with van der Waals surface area (Å²) in [6.45, 7) is 1.69. The zero-order valence-electron chi connectivity index (χ0n) is 15.8. The molecule has 1 fully saturated rings. The third-order valence-electron chi connectivity index (χ3n) is 5.18. The minimum atomic E-state index is -3.71. The summed E-state index contributed by atoms with van der Waals surface area (Å²) in [4.78, 5) is 6.54. The average molecular weight is 448 g/mol. The van der Waals surface area contributed by atoms with Crippen LogP contribution in [-0.4, -0.2) is 24.8 Å². The highest BCUT2D eigenvalue weighted by molar-refractivity contribution is 7.92. The molecule has 29 heavy (non-hydrogen) atoms. The monoisotopic (exact) mass is 447 g/mol. The number of aromatic nitrogens is 1. The lowest BCUT2D eigenvalue weighted by Crippen LogP contribution is -2.33. The van der Waals surface area contributed by atoms with Crippen molar-refractivity contribution in [2.75, 3.05) is 11.3 Å². The minimum absolute atomic E-state index is 0.137. The molecular formula is C21H22ClN3O2S2. The van der Waals surface area contributed by atoms with Crippen LogP contribution in [0.2, 0.25) is 5.02 Å². The van der Waals surface area contributed by atoms with Crippen molar-refractivity contribution in [1.82, 2.24) is 9.88 Å². The maximum absolute atomic E-state index is 12.6. The van der Waals surface area contributed by atoms with Gasteiger partial charge in [-0.25, -0.2) is 13.4 Å². The Kier molecular flexibility index (Phi) is 6.20. The second-order valence-electron chi connectivity index (χ2n) is 7.13. The summed E-state index contributed by atoms with van der Waals surface area (Å²) >= 11 is 7.83. The number of benzene rings is 2. The van der Waals surface area contributed by atoms with E-state index in [9.17, 15) is 8.42 Å². The summed E-state index contributed by atoms with van der Waals surface area (Å²) in [5.74, 6) is 0.314. The first-order chi connectivity index (χ1) is 14.0. The Balaban J connectivity index is 1.53. The summed E-state index contributed by atoms with van der Waals surface area (Å²) in [5, 5.41) is 2.11. The van der Waals surface area contributed by atoms with Gasteiger partial charge in [-0.3, -0.25) is 9.62 Å². The van der Waals surface area contributed by atoms with E-state index in [0.29, 0.717) is 23.4 Å². The van der Waals surface area contributed by atoms with Gasteiger partial charge in [0.25, 0.3) is 10.0 Å². The molecule has 5 nitrogen and oxygen atoms in total. The van der Waals surface area contributed by atoms with Gasteiger partial charge in [0.05, 0.1) is 10.4 Å². The lowest BCUT2D eigenvalue weighted by molar-refractivity contribution is 0.140. The van der Waals surface area contributed by atoms with Gasteiger partial charge in [0.15, 0.2) is 5.82 Å². The molecule has 0 saturated carbocycles. The molecule has 1 unspecified atom stereocenters. The van der Waals surface area contributed by atoms with E-state index in [1.54, 1.807) is 17.0 Å². The summed E-state index contributed by atoms with van der Waals surface area (Å²) in [5.41, 5.74) is 3.83. The molecule has 8 heteroatoms. The molecule has 2 heterocycles. The van der Waals surface area contributed by atoms with Crippen LogP contribution in [0.25, 0.3) is 0 Å². The molecule has 1 atom stereocenters. The molecule has 1 saturated heterocycles. The Hall–Kier alpha value is -1.93. The summed E-state index contributed by atoms with van der Waals surface area (Å²) in [6.07, 6.45) is 3.49. The normalized spacial score (nSPS) is 17.9. The standard InChI is InChI=1S/C21H22ClN3O2S2/c22-19-12-18(29(26,27)24-21-14-28-15-23-21)10-9-17(19)13-25-11-5-4-8-20(25)16-6-2-1-3-7-16/h1-3,6-7,9-10,12,14-15,20,24H,4-5,8,11,13H2. The highest BCUT2D eigenvalue weighted by atomic mass is 35.5. The Morgan fingerprint density at radius 1 is 1.17 bits per heavy atom. The quantitative estimate of drug-likeness (QED) is 0.555. The van der Waals surface area contributed by atoms with E-state index in [0.717, 1.165) is 24.9 Å². The van der Waals surface area contributed by atoms with E-state index in [4.69, 9.17) is 11.6 Å². The van der Waals surface area contributed by atoms with Crippen LogP contribution >= 0.6 is 22.9 Å². The fraction of sp³-hybridized carbons (Fsp3) is 0.286. The zero-order chi connectivity index (χ0) is 20.3. The van der Waals surface area contributed by atoms with E-state index >= 15 is 0 Å². The second kappa shape index (κ2) is 8.83. The summed E-state index contributed by atoms with van der Waals surface area (Å²) in [7, 11) is -3.71. The highest BCUT2D eigenvalue weighted by Gasteiger charge is 2.25. The Bertz CT molecular complexity index is 1060. The average Bonchev–Trinajstić information content (AvgIpc) is 3.23. The van der Waals surface area contributed by atoms with Crippen LogP contribution in [0.3, 0.4) is 0 Å². The van der Waals surface area contributed by atoms with Gasteiger partial charge >= 0.3 is 0 Å². The number of halogens is 1. The van der Waals surface area contributed by atoms with Crippen LogP contribution < -0.4 is 4.72 Å². The Morgan fingerprint density at radius 3 is 2.72 bits per heavy atom. The number of anilines is 1. The molecule has 1 aromatic heterocycles. The molecule has 1 aliphatic heterocycles. The number of hydrogen-bond donors (Lipinski definition) is 1. The Labute approximate surface area is 180 Å². The molecule has 4 rings (SSSR count). The molecule has 3 aromatic rings. The van der Waals surface area contributed by atoms with Gasteiger partial charge in [-0.2, -0.15) is 0 Å². The fourth-order valence-corrected chi connectivity index (χ4v) is 5.62. The van der Waals surface area contributed by atoms with Crippen molar-refractivity contribution in [3.05, 3.63) is 75.6 Å². The summed E-state index contributed by atoms with van der Waals surface area (Å²) < 4.78 is 27.6. The number of rotatable bonds is 6. The lowest BCUT2D eigenvalue weighted by atomic mass is 9.94. The van der Waals surface area contributed by atoms with Crippen molar-refractivity contribution in [2.45, 2.75) is 36.7 Å². The predicted octanol–water partition coefficient (Wildman–Crippen LogP) is 5.32. The molecule has 0 spiro atoms. The number of piperidine rings is 1. The van der Waals surface area contributed by atoms with Crippen LogP contribution in [0.1, 0.15) is 36.4 Å². The van der Waals surface area contributed by atoms with Gasteiger partial charge in [-0.05, 0) is 42.6 Å². The van der Waals surface area contributed by atoms with Gasteiger partial charge in [-0.15, -0.1) is 11.3 Å². The van der Waals surface area contributed by atoms with Crippen molar-refractivity contribution in [3.8, 4) is 0 Å². The Morgan fingerprint density at radius 2 is 2.00 bits per heavy atom. The van der Waals surface area contributed by atoms with E-state index < -0.39 is 10.0 Å². The third kappa shape index (κ3) is 4.80. The van der Waals surface area contributed by atoms with Crippen molar-refractivity contribution in [3.63, 3.8) is 0 Å². The molecule has 2 aromatic carbocycles. The van der Waals surface area contributed by atoms with Crippen LogP contribution in [0.5, 0.6) is 0 Å². The number of thiazole rings is 1. The van der Waals surface area contributed by atoms with E-state index in [1.807, 2.05) is 12.1 Å². The van der Waals surface area contributed by atoms with Crippen molar-refractivity contribution >= 4 is 38.8 Å².